The van der Waals surface area contributed by atoms with Crippen LogP contribution in [0.4, 0.5) is 10.5 Å². The number of nitrogens with one attached hydrogen (secondary N) is 2. The highest BCUT2D eigenvalue weighted by molar-refractivity contribution is 5.89. The predicted octanol–water partition coefficient (Wildman–Crippen LogP) is 2.85. The summed E-state index contributed by atoms with van der Waals surface area (Å²) >= 11 is 0. The van der Waals surface area contributed by atoms with Crippen molar-refractivity contribution in [2.75, 3.05) is 25.0 Å². The Labute approximate surface area is 121 Å². The number of nitrogens with zero attached hydrogens (tertiary/aromatic N) is 1. The number of carbonyl (C=O) groups excluding carboxylic acids is 1. The SMILES string of the molecule is CCNC1CCN(C(=O)Nc2ccc(C)cc2)CC1C. The van der Waals surface area contributed by atoms with Gasteiger partial charge in [-0.15, -0.1) is 0 Å². The van der Waals surface area contributed by atoms with E-state index in [0.29, 0.717) is 12.0 Å². The van der Waals surface area contributed by atoms with E-state index in [2.05, 4.69) is 24.5 Å². The van der Waals surface area contributed by atoms with Crippen molar-refractivity contribution in [1.29, 1.82) is 0 Å². The molecule has 0 saturated carbocycles. The van der Waals surface area contributed by atoms with Crippen LogP contribution in [0.25, 0.3) is 0 Å². The third kappa shape index (κ3) is 3.73. The van der Waals surface area contributed by atoms with Crippen LogP contribution in [0.1, 0.15) is 25.8 Å². The number of hydrogen-bond donors (Lipinski definition) is 2. The maximum atomic E-state index is 12.3. The topological polar surface area (TPSA) is 44.4 Å². The standard InChI is InChI=1S/C16H25N3O/c1-4-17-15-9-10-19(11-13(15)3)16(20)18-14-7-5-12(2)6-8-14/h5-8,13,15,17H,4,9-11H2,1-3H3,(H,18,20). The molecule has 0 spiro atoms. The van der Waals surface area contributed by atoms with Crippen LogP contribution in [-0.4, -0.2) is 36.6 Å². The monoisotopic (exact) mass is 275 g/mol. The molecule has 2 unspecified atom stereocenters. The Kier molecular flexibility index (Phi) is 5.01. The fraction of sp³-hybridized carbons (Fsp3) is 0.562. The molecule has 0 aliphatic carbocycles. The van der Waals surface area contributed by atoms with Crippen molar-refractivity contribution in [2.45, 2.75) is 33.2 Å². The van der Waals surface area contributed by atoms with Gasteiger partial charge >= 0.3 is 6.03 Å². The number of rotatable bonds is 3. The smallest absolute Gasteiger partial charge is 0.321 e. The Bertz CT molecular complexity index is 444. The van der Waals surface area contributed by atoms with Crippen molar-refractivity contribution in [3.8, 4) is 0 Å². The zero-order valence-corrected chi connectivity index (χ0v) is 12.6. The van der Waals surface area contributed by atoms with Crippen molar-refractivity contribution < 1.29 is 4.79 Å². The number of benzene rings is 1. The molecule has 2 rings (SSSR count). The first-order valence-corrected chi connectivity index (χ1v) is 7.46. The van der Waals surface area contributed by atoms with Crippen molar-refractivity contribution in [3.05, 3.63) is 29.8 Å². The Balaban J connectivity index is 1.89. The van der Waals surface area contributed by atoms with Gasteiger partial charge in [0.2, 0.25) is 0 Å². The molecule has 0 aromatic heterocycles. The van der Waals surface area contributed by atoms with Crippen LogP contribution >= 0.6 is 0 Å². The molecule has 4 heteroatoms. The van der Waals surface area contributed by atoms with E-state index in [1.807, 2.05) is 36.1 Å². The molecule has 20 heavy (non-hydrogen) atoms. The normalized spacial score (nSPS) is 22.6. The quantitative estimate of drug-likeness (QED) is 0.891. The average molecular weight is 275 g/mol. The molecule has 0 radical (unpaired) electrons. The molecule has 1 aliphatic rings. The Hall–Kier alpha value is -1.55. The predicted molar refractivity (Wildman–Crippen MR) is 83.0 cm³/mol. The highest BCUT2D eigenvalue weighted by Crippen LogP contribution is 2.18. The molecule has 4 nitrogen and oxygen atoms in total. The van der Waals surface area contributed by atoms with Gasteiger partial charge in [-0.1, -0.05) is 31.5 Å². The number of aryl methyl sites for hydroxylation is 1. The highest BCUT2D eigenvalue weighted by atomic mass is 16.2. The largest absolute Gasteiger partial charge is 0.324 e. The summed E-state index contributed by atoms with van der Waals surface area (Å²) in [6.07, 6.45) is 1.02. The molecule has 1 fully saturated rings. The van der Waals surface area contributed by atoms with E-state index in [4.69, 9.17) is 0 Å². The molecule has 2 atom stereocenters. The average Bonchev–Trinajstić information content (AvgIpc) is 2.44. The fourth-order valence-electron chi connectivity index (χ4n) is 2.73. The number of amides is 2. The van der Waals surface area contributed by atoms with Gasteiger partial charge in [-0.3, -0.25) is 0 Å². The maximum absolute atomic E-state index is 12.3. The van der Waals surface area contributed by atoms with Crippen LogP contribution in [0.3, 0.4) is 0 Å². The van der Waals surface area contributed by atoms with Crippen molar-refractivity contribution in [3.63, 3.8) is 0 Å². The van der Waals surface area contributed by atoms with Gasteiger partial charge < -0.3 is 15.5 Å². The molecule has 2 amide bonds. The summed E-state index contributed by atoms with van der Waals surface area (Å²) in [6.45, 7) is 9.00. The van der Waals surface area contributed by atoms with Gasteiger partial charge in [-0.05, 0) is 37.9 Å². The lowest BCUT2D eigenvalue weighted by Crippen LogP contribution is -2.51. The second-order valence-electron chi connectivity index (χ2n) is 5.67. The number of carbonyl (C=O) groups is 1. The molecular weight excluding hydrogens is 250 g/mol. The molecule has 110 valence electrons. The molecule has 1 aliphatic heterocycles. The van der Waals surface area contributed by atoms with Gasteiger partial charge in [0, 0.05) is 24.8 Å². The van der Waals surface area contributed by atoms with Crippen molar-refractivity contribution in [1.82, 2.24) is 10.2 Å². The molecule has 2 N–H and O–H groups in total. The Morgan fingerprint density at radius 1 is 1.35 bits per heavy atom. The number of hydrogen-bond acceptors (Lipinski definition) is 2. The van der Waals surface area contributed by atoms with Gasteiger partial charge in [0.15, 0.2) is 0 Å². The number of anilines is 1. The van der Waals surface area contributed by atoms with Gasteiger partial charge in [0.1, 0.15) is 0 Å². The van der Waals surface area contributed by atoms with Crippen LogP contribution in [0.5, 0.6) is 0 Å². The van der Waals surface area contributed by atoms with E-state index >= 15 is 0 Å². The molecule has 0 bridgehead atoms. The summed E-state index contributed by atoms with van der Waals surface area (Å²) in [7, 11) is 0. The number of piperidine rings is 1. The fourth-order valence-corrected chi connectivity index (χ4v) is 2.73. The molecule has 1 aromatic carbocycles. The summed E-state index contributed by atoms with van der Waals surface area (Å²) in [5.74, 6) is 0.493. The van der Waals surface area contributed by atoms with E-state index in [0.717, 1.165) is 31.7 Å². The van der Waals surface area contributed by atoms with Crippen LogP contribution < -0.4 is 10.6 Å². The minimum Gasteiger partial charge on any atom is -0.324 e. The molecule has 1 saturated heterocycles. The first-order chi connectivity index (χ1) is 9.60. The van der Waals surface area contributed by atoms with Crippen molar-refractivity contribution >= 4 is 11.7 Å². The van der Waals surface area contributed by atoms with E-state index < -0.39 is 0 Å². The molecule has 1 aromatic rings. The Morgan fingerprint density at radius 2 is 2.05 bits per heavy atom. The number of urea groups is 1. The van der Waals surface area contributed by atoms with E-state index in [1.54, 1.807) is 0 Å². The van der Waals surface area contributed by atoms with Crippen LogP contribution in [0, 0.1) is 12.8 Å². The third-order valence-corrected chi connectivity index (χ3v) is 3.96. The van der Waals surface area contributed by atoms with Gasteiger partial charge in [0.05, 0.1) is 0 Å². The van der Waals surface area contributed by atoms with E-state index in [-0.39, 0.29) is 6.03 Å². The zero-order chi connectivity index (χ0) is 14.5. The van der Waals surface area contributed by atoms with Crippen LogP contribution in [0.2, 0.25) is 0 Å². The second-order valence-corrected chi connectivity index (χ2v) is 5.67. The van der Waals surface area contributed by atoms with Crippen molar-refractivity contribution in [2.24, 2.45) is 5.92 Å². The van der Waals surface area contributed by atoms with Gasteiger partial charge in [-0.2, -0.15) is 0 Å². The second kappa shape index (κ2) is 6.75. The minimum absolute atomic E-state index is 0.00986. The molecular formula is C16H25N3O. The lowest BCUT2D eigenvalue weighted by atomic mass is 9.94. The highest BCUT2D eigenvalue weighted by Gasteiger charge is 2.27. The van der Waals surface area contributed by atoms with Crippen LogP contribution in [-0.2, 0) is 0 Å². The summed E-state index contributed by atoms with van der Waals surface area (Å²) in [5, 5.41) is 6.46. The number of likely N-dealkylation sites (tertiary alicyclic amines) is 1. The van der Waals surface area contributed by atoms with Crippen LogP contribution in [0.15, 0.2) is 24.3 Å². The summed E-state index contributed by atoms with van der Waals surface area (Å²) in [4.78, 5) is 14.2. The minimum atomic E-state index is 0.00986. The molecule has 1 heterocycles. The summed E-state index contributed by atoms with van der Waals surface area (Å²) < 4.78 is 0. The zero-order valence-electron chi connectivity index (χ0n) is 12.6. The first kappa shape index (κ1) is 14.9. The summed E-state index contributed by atoms with van der Waals surface area (Å²) in [6, 6.07) is 8.45. The Morgan fingerprint density at radius 3 is 2.65 bits per heavy atom. The lowest BCUT2D eigenvalue weighted by Gasteiger charge is -2.37. The van der Waals surface area contributed by atoms with Gasteiger partial charge in [0.25, 0.3) is 0 Å². The van der Waals surface area contributed by atoms with Gasteiger partial charge in [-0.25, -0.2) is 4.79 Å². The lowest BCUT2D eigenvalue weighted by molar-refractivity contribution is 0.161. The van der Waals surface area contributed by atoms with E-state index in [1.165, 1.54) is 5.56 Å². The first-order valence-electron chi connectivity index (χ1n) is 7.46. The third-order valence-electron chi connectivity index (χ3n) is 3.96. The van der Waals surface area contributed by atoms with E-state index in [9.17, 15) is 4.79 Å². The maximum Gasteiger partial charge on any atom is 0.321 e. The summed E-state index contributed by atoms with van der Waals surface area (Å²) in [5.41, 5.74) is 2.06.